The highest BCUT2D eigenvalue weighted by Gasteiger charge is 2.43. The molecule has 0 aromatic heterocycles. The van der Waals surface area contributed by atoms with Crippen molar-refractivity contribution in [2.75, 3.05) is 24.6 Å². The lowest BCUT2D eigenvalue weighted by Crippen LogP contribution is -2.38. The Bertz CT molecular complexity index is 552. The van der Waals surface area contributed by atoms with Gasteiger partial charge in [0.25, 0.3) is 0 Å². The van der Waals surface area contributed by atoms with Crippen LogP contribution in [0.2, 0.25) is 0 Å². The predicted octanol–water partition coefficient (Wildman–Crippen LogP) is -1.09. The standard InChI is InChI=1S/C9H15NO6S2/c11-9(12)7-1-3-10(5-7)18(15,16)8-2-4-17(13,14)6-8/h7-8H,1-6H2,(H,11,12). The minimum Gasteiger partial charge on any atom is -0.481 e. The Kier molecular flexibility index (Phi) is 3.41. The number of sulfonamides is 1. The molecule has 1 N–H and O–H groups in total. The Hall–Kier alpha value is -0.670. The average Bonchev–Trinajstić information content (AvgIpc) is 2.84. The van der Waals surface area contributed by atoms with Gasteiger partial charge in [0, 0.05) is 13.1 Å². The van der Waals surface area contributed by atoms with Crippen LogP contribution >= 0.6 is 0 Å². The molecule has 0 saturated carbocycles. The molecular weight excluding hydrogens is 282 g/mol. The van der Waals surface area contributed by atoms with Gasteiger partial charge < -0.3 is 5.11 Å². The van der Waals surface area contributed by atoms with E-state index >= 15 is 0 Å². The van der Waals surface area contributed by atoms with Crippen molar-refractivity contribution in [3.63, 3.8) is 0 Å². The quantitative estimate of drug-likeness (QED) is 0.709. The highest BCUT2D eigenvalue weighted by molar-refractivity contribution is 7.95. The van der Waals surface area contributed by atoms with E-state index in [2.05, 4.69) is 0 Å². The zero-order chi connectivity index (χ0) is 13.6. The van der Waals surface area contributed by atoms with Gasteiger partial charge in [-0.2, -0.15) is 0 Å². The molecular formula is C9H15NO6S2. The largest absolute Gasteiger partial charge is 0.481 e. The lowest BCUT2D eigenvalue weighted by atomic mass is 10.1. The SMILES string of the molecule is O=C(O)C1CCN(S(=O)(=O)C2CCS(=O)(=O)C2)C1. The Labute approximate surface area is 106 Å². The smallest absolute Gasteiger partial charge is 0.307 e. The number of aliphatic carboxylic acids is 1. The molecule has 0 spiro atoms. The summed E-state index contributed by atoms with van der Waals surface area (Å²) in [7, 11) is -6.95. The van der Waals surface area contributed by atoms with Crippen molar-refractivity contribution in [1.82, 2.24) is 4.31 Å². The van der Waals surface area contributed by atoms with Crippen LogP contribution < -0.4 is 0 Å². The summed E-state index contributed by atoms with van der Waals surface area (Å²) in [6.07, 6.45) is 0.396. The fourth-order valence-corrected chi connectivity index (χ4v) is 6.96. The van der Waals surface area contributed by atoms with Gasteiger partial charge in [-0.05, 0) is 12.8 Å². The molecule has 2 heterocycles. The van der Waals surface area contributed by atoms with Crippen molar-refractivity contribution < 1.29 is 26.7 Å². The van der Waals surface area contributed by atoms with Crippen LogP contribution in [0.5, 0.6) is 0 Å². The van der Waals surface area contributed by atoms with Crippen LogP contribution in [0.4, 0.5) is 0 Å². The number of carboxylic acid groups (broad SMARTS) is 1. The monoisotopic (exact) mass is 297 g/mol. The third kappa shape index (κ3) is 2.52. The van der Waals surface area contributed by atoms with E-state index in [1.165, 1.54) is 0 Å². The first kappa shape index (κ1) is 13.8. The molecule has 2 fully saturated rings. The summed E-state index contributed by atoms with van der Waals surface area (Å²) in [5.74, 6) is -2.14. The van der Waals surface area contributed by atoms with Gasteiger partial charge in [0.15, 0.2) is 9.84 Å². The molecule has 2 rings (SSSR count). The minimum absolute atomic E-state index is 0.0474. The van der Waals surface area contributed by atoms with Crippen LogP contribution in [-0.4, -0.2) is 62.1 Å². The number of nitrogens with zero attached hydrogens (tertiary/aromatic N) is 1. The van der Waals surface area contributed by atoms with Gasteiger partial charge in [-0.1, -0.05) is 0 Å². The van der Waals surface area contributed by atoms with Crippen molar-refractivity contribution in [2.24, 2.45) is 5.92 Å². The maximum Gasteiger partial charge on any atom is 0.307 e. The number of hydrogen-bond donors (Lipinski definition) is 1. The highest BCUT2D eigenvalue weighted by Crippen LogP contribution is 2.27. The van der Waals surface area contributed by atoms with E-state index in [4.69, 9.17) is 5.11 Å². The molecule has 0 aromatic rings. The lowest BCUT2D eigenvalue weighted by Gasteiger charge is -2.19. The number of carboxylic acids is 1. The second kappa shape index (κ2) is 4.46. The van der Waals surface area contributed by atoms with E-state index in [0.29, 0.717) is 0 Å². The molecule has 2 saturated heterocycles. The van der Waals surface area contributed by atoms with E-state index < -0.39 is 37.0 Å². The van der Waals surface area contributed by atoms with Crippen LogP contribution in [0.15, 0.2) is 0 Å². The summed E-state index contributed by atoms with van der Waals surface area (Å²) in [5.41, 5.74) is 0. The summed E-state index contributed by atoms with van der Waals surface area (Å²) in [4.78, 5) is 10.8. The Morgan fingerprint density at radius 1 is 1.28 bits per heavy atom. The van der Waals surface area contributed by atoms with E-state index in [1.54, 1.807) is 0 Å². The van der Waals surface area contributed by atoms with Crippen molar-refractivity contribution >= 4 is 25.8 Å². The van der Waals surface area contributed by atoms with Gasteiger partial charge in [-0.3, -0.25) is 4.79 Å². The molecule has 7 nitrogen and oxygen atoms in total. The van der Waals surface area contributed by atoms with Gasteiger partial charge in [0.1, 0.15) is 0 Å². The third-order valence-corrected chi connectivity index (χ3v) is 7.75. The van der Waals surface area contributed by atoms with Crippen molar-refractivity contribution in [1.29, 1.82) is 0 Å². The molecule has 0 radical (unpaired) electrons. The Morgan fingerprint density at radius 2 is 1.94 bits per heavy atom. The summed E-state index contributed by atoms with van der Waals surface area (Å²) in [6.45, 7) is 0.115. The van der Waals surface area contributed by atoms with E-state index in [9.17, 15) is 21.6 Å². The molecule has 2 atom stereocenters. The normalized spacial score (nSPS) is 32.7. The number of hydrogen-bond acceptors (Lipinski definition) is 5. The third-order valence-electron chi connectivity index (χ3n) is 3.47. The molecule has 2 aliphatic rings. The average molecular weight is 297 g/mol. The van der Waals surface area contributed by atoms with Gasteiger partial charge in [0.05, 0.1) is 22.7 Å². The maximum absolute atomic E-state index is 12.2. The van der Waals surface area contributed by atoms with Gasteiger partial charge in [-0.15, -0.1) is 0 Å². The summed E-state index contributed by atoms with van der Waals surface area (Å²) in [6, 6.07) is 0. The molecule has 0 bridgehead atoms. The topological polar surface area (TPSA) is 109 Å². The molecule has 0 amide bonds. The van der Waals surface area contributed by atoms with Gasteiger partial charge in [-0.25, -0.2) is 21.1 Å². The molecule has 0 aliphatic carbocycles. The van der Waals surface area contributed by atoms with Crippen molar-refractivity contribution in [2.45, 2.75) is 18.1 Å². The first-order chi connectivity index (χ1) is 8.22. The molecule has 104 valence electrons. The van der Waals surface area contributed by atoms with Crippen molar-refractivity contribution in [3.05, 3.63) is 0 Å². The number of carbonyl (C=O) groups is 1. The zero-order valence-electron chi connectivity index (χ0n) is 9.65. The molecule has 2 aliphatic heterocycles. The fourth-order valence-electron chi connectivity index (χ4n) is 2.37. The first-order valence-electron chi connectivity index (χ1n) is 5.64. The van der Waals surface area contributed by atoms with E-state index in [1.807, 2.05) is 0 Å². The minimum atomic E-state index is -3.69. The summed E-state index contributed by atoms with van der Waals surface area (Å²) >= 11 is 0. The Morgan fingerprint density at radius 3 is 2.39 bits per heavy atom. The second-order valence-electron chi connectivity index (χ2n) is 4.75. The highest BCUT2D eigenvalue weighted by atomic mass is 32.2. The fraction of sp³-hybridized carbons (Fsp3) is 0.889. The molecule has 9 heteroatoms. The van der Waals surface area contributed by atoms with Crippen LogP contribution in [0.25, 0.3) is 0 Å². The van der Waals surface area contributed by atoms with Gasteiger partial charge in [0.2, 0.25) is 10.0 Å². The van der Waals surface area contributed by atoms with E-state index in [-0.39, 0.29) is 37.4 Å². The second-order valence-corrected chi connectivity index (χ2v) is 9.19. The van der Waals surface area contributed by atoms with Crippen LogP contribution in [0, 0.1) is 5.92 Å². The molecule has 0 aromatic carbocycles. The molecule has 2 unspecified atom stereocenters. The molecule has 18 heavy (non-hydrogen) atoms. The Balaban J connectivity index is 2.12. The van der Waals surface area contributed by atoms with Crippen LogP contribution in [-0.2, 0) is 24.7 Å². The van der Waals surface area contributed by atoms with Gasteiger partial charge >= 0.3 is 5.97 Å². The maximum atomic E-state index is 12.2. The lowest BCUT2D eigenvalue weighted by molar-refractivity contribution is -0.141. The predicted molar refractivity (Wildman–Crippen MR) is 63.3 cm³/mol. The van der Waals surface area contributed by atoms with Crippen molar-refractivity contribution in [3.8, 4) is 0 Å². The number of rotatable bonds is 3. The summed E-state index contributed by atoms with van der Waals surface area (Å²) in [5, 5.41) is 7.92. The first-order valence-corrected chi connectivity index (χ1v) is 8.97. The van der Waals surface area contributed by atoms with Crippen LogP contribution in [0.1, 0.15) is 12.8 Å². The summed E-state index contributed by atoms with van der Waals surface area (Å²) < 4.78 is 48.0. The number of sulfone groups is 1. The zero-order valence-corrected chi connectivity index (χ0v) is 11.3. The van der Waals surface area contributed by atoms with Crippen LogP contribution in [0.3, 0.4) is 0 Å². The van der Waals surface area contributed by atoms with E-state index in [0.717, 1.165) is 4.31 Å².